The van der Waals surface area contributed by atoms with E-state index in [-0.39, 0.29) is 30.3 Å². The molecule has 1 amide bonds. The minimum absolute atomic E-state index is 0.0939. The number of halogens is 1. The molecule has 3 rings (SSSR count). The van der Waals surface area contributed by atoms with Crippen molar-refractivity contribution < 1.29 is 23.8 Å². The van der Waals surface area contributed by atoms with E-state index in [0.717, 1.165) is 11.1 Å². The van der Waals surface area contributed by atoms with Crippen molar-refractivity contribution in [3.63, 3.8) is 0 Å². The maximum atomic E-state index is 12.9. The quantitative estimate of drug-likeness (QED) is 0.187. The number of methoxy groups -OCH3 is 1. The van der Waals surface area contributed by atoms with E-state index in [0.29, 0.717) is 38.4 Å². The van der Waals surface area contributed by atoms with Gasteiger partial charge in [0.2, 0.25) is 0 Å². The van der Waals surface area contributed by atoms with Crippen LogP contribution in [0.1, 0.15) is 50.8 Å². The first-order chi connectivity index (χ1) is 17.0. The molecular weight excluding hydrogens is 562 g/mol. The number of thiocarbonyl (C=S) groups is 1. The Kier molecular flexibility index (Phi) is 9.60. The van der Waals surface area contributed by atoms with Crippen molar-refractivity contribution in [1.29, 1.82) is 0 Å². The van der Waals surface area contributed by atoms with Crippen LogP contribution in [0.5, 0.6) is 11.5 Å². The van der Waals surface area contributed by atoms with Gasteiger partial charge in [0.1, 0.15) is 10.9 Å². The molecule has 0 radical (unpaired) electrons. The van der Waals surface area contributed by atoms with Crippen molar-refractivity contribution in [2.24, 2.45) is 0 Å². The number of amides is 1. The second-order valence-electron chi connectivity index (χ2n) is 9.16. The van der Waals surface area contributed by atoms with E-state index in [2.05, 4.69) is 61.0 Å². The highest BCUT2D eigenvalue weighted by atomic mass is 79.9. The van der Waals surface area contributed by atoms with Crippen LogP contribution in [0.2, 0.25) is 0 Å². The summed E-state index contributed by atoms with van der Waals surface area (Å²) in [6.45, 7) is 9.18. The summed E-state index contributed by atoms with van der Waals surface area (Å²) in [5, 5.41) is 0. The van der Waals surface area contributed by atoms with Gasteiger partial charge in [-0.1, -0.05) is 69.0 Å². The predicted molar refractivity (Wildman–Crippen MR) is 151 cm³/mol. The normalized spacial score (nSPS) is 14.9. The lowest BCUT2D eigenvalue weighted by molar-refractivity contribution is -0.143. The van der Waals surface area contributed by atoms with Crippen LogP contribution in [-0.4, -0.2) is 41.4 Å². The lowest BCUT2D eigenvalue weighted by Crippen LogP contribution is -2.30. The van der Waals surface area contributed by atoms with Gasteiger partial charge in [-0.3, -0.25) is 14.5 Å². The topological polar surface area (TPSA) is 65.1 Å². The second kappa shape index (κ2) is 12.3. The molecule has 0 unspecified atom stereocenters. The summed E-state index contributed by atoms with van der Waals surface area (Å²) in [6, 6.07) is 12.1. The standard InChI is InChI=1S/C27H30BrNO5S2/c1-6-33-23(30)11-12-29-25(31)22(36-26(29)35)15-18-13-20(28)24(21(14-18)32-5)34-16-17-7-9-19(10-8-17)27(2,3)4/h7-10,13-15H,6,11-12,16H2,1-5H3/b22-15+. The number of carbonyl (C=O) groups is 2. The molecule has 1 heterocycles. The Balaban J connectivity index is 1.73. The van der Waals surface area contributed by atoms with Crippen LogP contribution in [0, 0.1) is 0 Å². The fourth-order valence-corrected chi connectivity index (χ4v) is 5.38. The van der Waals surface area contributed by atoms with E-state index in [9.17, 15) is 9.59 Å². The van der Waals surface area contributed by atoms with Gasteiger partial charge in [-0.05, 0) is 63.2 Å². The van der Waals surface area contributed by atoms with Crippen molar-refractivity contribution >= 4 is 62.2 Å². The summed E-state index contributed by atoms with van der Waals surface area (Å²) >= 11 is 10.1. The molecule has 0 N–H and O–H groups in total. The largest absolute Gasteiger partial charge is 0.493 e. The van der Waals surface area contributed by atoms with Crippen molar-refractivity contribution in [2.45, 2.75) is 46.1 Å². The van der Waals surface area contributed by atoms with E-state index < -0.39 is 0 Å². The highest BCUT2D eigenvalue weighted by Gasteiger charge is 2.32. The third-order valence-corrected chi connectivity index (χ3v) is 7.44. The van der Waals surface area contributed by atoms with Gasteiger partial charge >= 0.3 is 5.97 Å². The maximum Gasteiger partial charge on any atom is 0.307 e. The predicted octanol–water partition coefficient (Wildman–Crippen LogP) is 6.49. The second-order valence-corrected chi connectivity index (χ2v) is 11.7. The first kappa shape index (κ1) is 28.2. The number of hydrogen-bond donors (Lipinski definition) is 0. The van der Waals surface area contributed by atoms with Gasteiger partial charge < -0.3 is 14.2 Å². The van der Waals surface area contributed by atoms with Crippen molar-refractivity contribution in [2.75, 3.05) is 20.3 Å². The smallest absolute Gasteiger partial charge is 0.307 e. The van der Waals surface area contributed by atoms with E-state index in [1.807, 2.05) is 12.1 Å². The average molecular weight is 593 g/mol. The van der Waals surface area contributed by atoms with E-state index in [4.69, 9.17) is 26.4 Å². The Bertz CT molecular complexity index is 1170. The number of thioether (sulfide) groups is 1. The monoisotopic (exact) mass is 591 g/mol. The van der Waals surface area contributed by atoms with Crippen molar-refractivity contribution in [3.05, 3.63) is 62.5 Å². The molecule has 36 heavy (non-hydrogen) atoms. The fourth-order valence-electron chi connectivity index (χ4n) is 3.50. The Morgan fingerprint density at radius 1 is 1.19 bits per heavy atom. The number of hydrogen-bond acceptors (Lipinski definition) is 7. The van der Waals surface area contributed by atoms with Gasteiger partial charge in [-0.25, -0.2) is 0 Å². The summed E-state index contributed by atoms with van der Waals surface area (Å²) < 4.78 is 17.7. The average Bonchev–Trinajstić information content (AvgIpc) is 3.08. The zero-order valence-corrected chi connectivity index (χ0v) is 24.3. The minimum Gasteiger partial charge on any atom is -0.493 e. The summed E-state index contributed by atoms with van der Waals surface area (Å²) in [4.78, 5) is 26.4. The SMILES string of the molecule is CCOC(=O)CCN1C(=O)/C(=C\c2cc(Br)c(OCc3ccc(C(C)(C)C)cc3)c(OC)c2)SC1=S. The number of carbonyl (C=O) groups excluding carboxylic acids is 2. The van der Waals surface area contributed by atoms with Crippen LogP contribution in [0.15, 0.2) is 45.8 Å². The Morgan fingerprint density at radius 2 is 1.89 bits per heavy atom. The number of rotatable bonds is 9. The van der Waals surface area contributed by atoms with Gasteiger partial charge in [0.25, 0.3) is 5.91 Å². The van der Waals surface area contributed by atoms with Gasteiger partial charge in [0, 0.05) is 6.54 Å². The van der Waals surface area contributed by atoms with Crippen LogP contribution in [0.4, 0.5) is 0 Å². The number of nitrogens with zero attached hydrogens (tertiary/aromatic N) is 1. The molecule has 0 saturated carbocycles. The van der Waals surface area contributed by atoms with Crippen LogP contribution >= 0.6 is 39.9 Å². The van der Waals surface area contributed by atoms with Crippen molar-refractivity contribution in [1.82, 2.24) is 4.90 Å². The molecular formula is C27H30BrNO5S2. The molecule has 0 atom stereocenters. The molecule has 192 valence electrons. The Morgan fingerprint density at radius 3 is 2.50 bits per heavy atom. The summed E-state index contributed by atoms with van der Waals surface area (Å²) in [6.07, 6.45) is 1.85. The maximum absolute atomic E-state index is 12.9. The summed E-state index contributed by atoms with van der Waals surface area (Å²) in [5.41, 5.74) is 3.16. The molecule has 0 spiro atoms. The Labute approximate surface area is 230 Å². The zero-order valence-electron chi connectivity index (χ0n) is 21.1. The molecule has 0 aliphatic carbocycles. The van der Waals surface area contributed by atoms with Crippen LogP contribution < -0.4 is 9.47 Å². The molecule has 0 aromatic heterocycles. The summed E-state index contributed by atoms with van der Waals surface area (Å²) in [5.74, 6) is 0.532. The molecule has 2 aromatic carbocycles. The van der Waals surface area contributed by atoms with Crippen LogP contribution in [0.25, 0.3) is 6.08 Å². The first-order valence-corrected chi connectivity index (χ1v) is 13.6. The molecule has 1 aliphatic heterocycles. The minimum atomic E-state index is -0.357. The number of benzene rings is 2. The van der Waals surface area contributed by atoms with Crippen LogP contribution in [-0.2, 0) is 26.3 Å². The first-order valence-electron chi connectivity index (χ1n) is 11.5. The molecule has 1 fully saturated rings. The molecule has 1 saturated heterocycles. The highest BCUT2D eigenvalue weighted by molar-refractivity contribution is 9.10. The van der Waals surface area contributed by atoms with E-state index in [1.54, 1.807) is 20.1 Å². The van der Waals surface area contributed by atoms with Gasteiger partial charge in [0.05, 0.1) is 29.5 Å². The molecule has 0 bridgehead atoms. The van der Waals surface area contributed by atoms with Crippen LogP contribution in [0.3, 0.4) is 0 Å². The van der Waals surface area contributed by atoms with Crippen molar-refractivity contribution in [3.8, 4) is 11.5 Å². The highest BCUT2D eigenvalue weighted by Crippen LogP contribution is 2.39. The lowest BCUT2D eigenvalue weighted by atomic mass is 9.87. The van der Waals surface area contributed by atoms with Gasteiger partial charge in [-0.15, -0.1) is 0 Å². The summed E-state index contributed by atoms with van der Waals surface area (Å²) in [7, 11) is 1.57. The third kappa shape index (κ3) is 7.11. The van der Waals surface area contributed by atoms with E-state index >= 15 is 0 Å². The molecule has 9 heteroatoms. The fraction of sp³-hybridized carbons (Fsp3) is 0.370. The van der Waals surface area contributed by atoms with E-state index in [1.165, 1.54) is 22.2 Å². The molecule has 2 aromatic rings. The number of esters is 1. The van der Waals surface area contributed by atoms with Gasteiger partial charge in [-0.2, -0.15) is 0 Å². The lowest BCUT2D eigenvalue weighted by Gasteiger charge is -2.19. The molecule has 6 nitrogen and oxygen atoms in total. The number of ether oxygens (including phenoxy) is 3. The van der Waals surface area contributed by atoms with Gasteiger partial charge in [0.15, 0.2) is 11.5 Å². The third-order valence-electron chi connectivity index (χ3n) is 5.47. The molecule has 1 aliphatic rings. The zero-order chi connectivity index (χ0) is 26.5. The Hall–Kier alpha value is -2.36.